The van der Waals surface area contributed by atoms with E-state index in [9.17, 15) is 9.59 Å². The summed E-state index contributed by atoms with van der Waals surface area (Å²) in [6, 6.07) is 0.0315. The number of hydrogen-bond acceptors (Lipinski definition) is 5. The zero-order valence-corrected chi connectivity index (χ0v) is 25.0. The molecule has 2 aromatic heterocycles. The number of rotatable bonds is 5. The average molecular weight is 553 g/mol. The standard InChI is InChI=1S/C30H44N6O2S/c1-6-7-24-23(16-31-36(24)28-32-25(18-39-28)29(3,4)5)26(37)34-8-9-35(19(2)17-34)27(38)33-30-13-20-10-21(14-30)12-22(11-20)15-30/h16,18-22H,6-15,17H2,1-5H3,(H,33,38). The van der Waals surface area contributed by atoms with Crippen LogP contribution >= 0.6 is 11.3 Å². The summed E-state index contributed by atoms with van der Waals surface area (Å²) in [5.41, 5.74) is 2.58. The van der Waals surface area contributed by atoms with Gasteiger partial charge in [-0.25, -0.2) is 14.5 Å². The average Bonchev–Trinajstić information content (AvgIpc) is 3.50. The van der Waals surface area contributed by atoms with Gasteiger partial charge in [0.2, 0.25) is 5.13 Å². The maximum absolute atomic E-state index is 13.8. The van der Waals surface area contributed by atoms with E-state index in [1.165, 1.54) is 19.3 Å². The number of hydrogen-bond donors (Lipinski definition) is 1. The van der Waals surface area contributed by atoms with Crippen LogP contribution in [0.15, 0.2) is 11.6 Å². The van der Waals surface area contributed by atoms with E-state index in [0.717, 1.165) is 66.4 Å². The molecular weight excluding hydrogens is 508 g/mol. The predicted octanol–water partition coefficient (Wildman–Crippen LogP) is 5.40. The van der Waals surface area contributed by atoms with Gasteiger partial charge < -0.3 is 15.1 Å². The number of thiazole rings is 1. The van der Waals surface area contributed by atoms with Crippen molar-refractivity contribution in [2.24, 2.45) is 17.8 Å². The SMILES string of the molecule is CCCc1c(C(=O)N2CCN(C(=O)NC34CC5CC(CC(C5)C3)C4)C(C)C2)cnn1-c1nc(C(C)(C)C)cs1. The van der Waals surface area contributed by atoms with Crippen molar-refractivity contribution in [3.05, 3.63) is 28.5 Å². The number of aromatic nitrogens is 3. The Balaban J connectivity index is 1.13. The number of piperazine rings is 1. The second-order valence-electron chi connectivity index (χ2n) is 13.9. The molecule has 1 N–H and O–H groups in total. The van der Waals surface area contributed by atoms with Gasteiger partial charge >= 0.3 is 6.03 Å². The van der Waals surface area contributed by atoms with Crippen LogP contribution in [0.4, 0.5) is 4.79 Å². The maximum atomic E-state index is 13.8. The summed E-state index contributed by atoms with van der Waals surface area (Å²) in [6.07, 6.45) is 10.9. The van der Waals surface area contributed by atoms with Gasteiger partial charge in [0.1, 0.15) is 0 Å². The van der Waals surface area contributed by atoms with Gasteiger partial charge in [0.15, 0.2) is 0 Å². The van der Waals surface area contributed by atoms with Gasteiger partial charge in [-0.1, -0.05) is 34.1 Å². The molecule has 0 spiro atoms. The van der Waals surface area contributed by atoms with E-state index in [-0.39, 0.29) is 28.9 Å². The van der Waals surface area contributed by atoms with Crippen molar-refractivity contribution in [3.63, 3.8) is 0 Å². The molecule has 1 aliphatic heterocycles. The van der Waals surface area contributed by atoms with Crippen LogP contribution in [0.2, 0.25) is 0 Å². The molecule has 8 nitrogen and oxygen atoms in total. The highest BCUT2D eigenvalue weighted by Gasteiger charge is 2.52. The minimum Gasteiger partial charge on any atom is -0.335 e. The number of nitrogens with one attached hydrogen (secondary N) is 1. The van der Waals surface area contributed by atoms with Gasteiger partial charge in [0, 0.05) is 42.0 Å². The first kappa shape index (κ1) is 26.8. The van der Waals surface area contributed by atoms with E-state index in [2.05, 4.69) is 50.4 Å². The van der Waals surface area contributed by atoms with E-state index in [1.807, 2.05) is 14.5 Å². The molecule has 1 unspecified atom stereocenters. The maximum Gasteiger partial charge on any atom is 0.318 e. The lowest BCUT2D eigenvalue weighted by Crippen LogP contribution is -2.65. The highest BCUT2D eigenvalue weighted by Crippen LogP contribution is 2.55. The fraction of sp³-hybridized carbons (Fsp3) is 0.733. The smallest absolute Gasteiger partial charge is 0.318 e. The summed E-state index contributed by atoms with van der Waals surface area (Å²) < 4.78 is 1.86. The van der Waals surface area contributed by atoms with Gasteiger partial charge in [0.05, 0.1) is 23.1 Å². The quantitative estimate of drug-likeness (QED) is 0.538. The third-order valence-electron chi connectivity index (χ3n) is 9.61. The van der Waals surface area contributed by atoms with Crippen molar-refractivity contribution in [1.29, 1.82) is 0 Å². The number of nitrogens with zero attached hydrogens (tertiary/aromatic N) is 5. The van der Waals surface area contributed by atoms with Gasteiger partial charge in [0.25, 0.3) is 5.91 Å². The predicted molar refractivity (Wildman–Crippen MR) is 153 cm³/mol. The minimum absolute atomic E-state index is 0.00479. The topological polar surface area (TPSA) is 83.4 Å². The molecule has 1 atom stereocenters. The molecule has 4 bridgehead atoms. The van der Waals surface area contributed by atoms with Crippen LogP contribution in [0.1, 0.15) is 101 Å². The molecule has 5 aliphatic rings. The van der Waals surface area contributed by atoms with Crippen LogP contribution < -0.4 is 5.32 Å². The fourth-order valence-electron chi connectivity index (χ4n) is 8.08. The van der Waals surface area contributed by atoms with Crippen LogP contribution in [0, 0.1) is 17.8 Å². The van der Waals surface area contributed by atoms with Crippen LogP contribution in [0.3, 0.4) is 0 Å². The Bertz CT molecular complexity index is 1210. The van der Waals surface area contributed by atoms with Crippen molar-refractivity contribution in [2.75, 3.05) is 19.6 Å². The summed E-state index contributed by atoms with van der Waals surface area (Å²) in [7, 11) is 0. The molecule has 4 aliphatic carbocycles. The molecule has 39 heavy (non-hydrogen) atoms. The lowest BCUT2D eigenvalue weighted by Gasteiger charge is -2.57. The van der Waals surface area contributed by atoms with Crippen LogP contribution in [-0.2, 0) is 11.8 Å². The second kappa shape index (κ2) is 9.89. The minimum atomic E-state index is -0.0384. The third kappa shape index (κ3) is 5.00. The highest BCUT2D eigenvalue weighted by atomic mass is 32.1. The summed E-state index contributed by atoms with van der Waals surface area (Å²) in [4.78, 5) is 36.0. The Kier molecular flexibility index (Phi) is 6.79. The number of urea groups is 1. The molecular formula is C30H44N6O2S. The molecule has 7 rings (SSSR count). The first-order valence-electron chi connectivity index (χ1n) is 15.0. The molecule has 3 amide bonds. The molecule has 5 fully saturated rings. The van der Waals surface area contributed by atoms with Crippen molar-refractivity contribution in [1.82, 2.24) is 29.9 Å². The molecule has 212 valence electrons. The van der Waals surface area contributed by atoms with E-state index in [4.69, 9.17) is 4.98 Å². The zero-order valence-electron chi connectivity index (χ0n) is 24.2. The highest BCUT2D eigenvalue weighted by molar-refractivity contribution is 7.12. The zero-order chi connectivity index (χ0) is 27.5. The van der Waals surface area contributed by atoms with E-state index in [1.54, 1.807) is 17.5 Å². The Morgan fingerprint density at radius 1 is 1.10 bits per heavy atom. The van der Waals surface area contributed by atoms with Gasteiger partial charge in [-0.15, -0.1) is 11.3 Å². The second-order valence-corrected chi connectivity index (χ2v) is 14.7. The van der Waals surface area contributed by atoms with Gasteiger partial charge in [-0.2, -0.15) is 5.10 Å². The summed E-state index contributed by atoms with van der Waals surface area (Å²) in [6.45, 7) is 12.3. The van der Waals surface area contributed by atoms with Crippen molar-refractivity contribution in [3.8, 4) is 5.13 Å². The molecule has 0 radical (unpaired) electrons. The molecule has 2 aromatic rings. The largest absolute Gasteiger partial charge is 0.335 e. The van der Waals surface area contributed by atoms with Crippen molar-refractivity contribution in [2.45, 2.75) is 103 Å². The number of carbonyl (C=O) groups excluding carboxylic acids is 2. The van der Waals surface area contributed by atoms with E-state index < -0.39 is 0 Å². The molecule has 0 aromatic carbocycles. The third-order valence-corrected chi connectivity index (χ3v) is 10.4. The van der Waals surface area contributed by atoms with E-state index >= 15 is 0 Å². The van der Waals surface area contributed by atoms with Crippen LogP contribution in [0.5, 0.6) is 0 Å². The Hall–Kier alpha value is -2.42. The molecule has 4 saturated carbocycles. The van der Waals surface area contributed by atoms with Gasteiger partial charge in [-0.05, 0) is 69.6 Å². The first-order chi connectivity index (χ1) is 18.5. The summed E-state index contributed by atoms with van der Waals surface area (Å²) in [5, 5.41) is 11.0. The Morgan fingerprint density at radius 3 is 2.33 bits per heavy atom. The Labute approximate surface area is 236 Å². The summed E-state index contributed by atoms with van der Waals surface area (Å²) in [5.74, 6) is 2.40. The molecule has 1 saturated heterocycles. The Morgan fingerprint density at radius 2 is 1.77 bits per heavy atom. The van der Waals surface area contributed by atoms with Crippen molar-refractivity contribution >= 4 is 23.3 Å². The molecule has 3 heterocycles. The van der Waals surface area contributed by atoms with Crippen LogP contribution in [0.25, 0.3) is 5.13 Å². The lowest BCUT2D eigenvalue weighted by atomic mass is 9.53. The number of amides is 3. The van der Waals surface area contributed by atoms with Crippen molar-refractivity contribution < 1.29 is 9.59 Å². The lowest BCUT2D eigenvalue weighted by molar-refractivity contribution is -0.0176. The van der Waals surface area contributed by atoms with Gasteiger partial charge in [-0.3, -0.25) is 4.79 Å². The van der Waals surface area contributed by atoms with Crippen LogP contribution in [-0.4, -0.2) is 67.7 Å². The van der Waals surface area contributed by atoms with E-state index in [0.29, 0.717) is 25.2 Å². The summed E-state index contributed by atoms with van der Waals surface area (Å²) >= 11 is 1.57. The molecule has 9 heteroatoms. The fourth-order valence-corrected chi connectivity index (χ4v) is 9.11. The normalized spacial score (nSPS) is 30.2. The monoisotopic (exact) mass is 552 g/mol. The first-order valence-corrected chi connectivity index (χ1v) is 15.8. The number of carbonyl (C=O) groups is 2.